The zero-order valence-corrected chi connectivity index (χ0v) is 21.8. The summed E-state index contributed by atoms with van der Waals surface area (Å²) in [6.07, 6.45) is -12.9. The summed E-state index contributed by atoms with van der Waals surface area (Å²) in [5, 5.41) is 3.20. The minimum Gasteiger partial charge on any atom is -0.336 e. The summed E-state index contributed by atoms with van der Waals surface area (Å²) < 4.78 is 136. The highest BCUT2D eigenvalue weighted by atomic mass is 32.2. The van der Waals surface area contributed by atoms with Crippen molar-refractivity contribution >= 4 is 27.1 Å². The number of amides is 1. The minimum absolute atomic E-state index is 0.0262. The van der Waals surface area contributed by atoms with Crippen LogP contribution in [-0.4, -0.2) is 44.7 Å². The monoisotopic (exact) mass is 609 g/mol. The van der Waals surface area contributed by atoms with Crippen molar-refractivity contribution in [2.75, 3.05) is 13.1 Å². The standard InChI is InChI=1S/C26H19F8NO3S2/c27-19-4-6-20(7-5-19)40(37,38)23-14-35(22(36)16-9-10-39-13-16)12-18(23)2-1-15-11-17(3-8-21(15)23)24(28,25(29,30)31)26(32,33)34/h3-11,13,18H,1-2,12,14H2/t18-,23?/m0/s1. The zero-order valence-electron chi connectivity index (χ0n) is 20.2. The second-order valence-corrected chi connectivity index (χ2v) is 12.8. The Balaban J connectivity index is 1.71. The van der Waals surface area contributed by atoms with Gasteiger partial charge in [-0.2, -0.15) is 37.7 Å². The van der Waals surface area contributed by atoms with Crippen LogP contribution in [0, 0.1) is 11.7 Å². The van der Waals surface area contributed by atoms with Gasteiger partial charge >= 0.3 is 18.0 Å². The number of sulfone groups is 1. The van der Waals surface area contributed by atoms with E-state index in [0.717, 1.165) is 30.3 Å². The van der Waals surface area contributed by atoms with Gasteiger partial charge in [-0.15, -0.1) is 0 Å². The van der Waals surface area contributed by atoms with Gasteiger partial charge in [-0.3, -0.25) is 4.79 Å². The van der Waals surface area contributed by atoms with Crippen LogP contribution in [0.1, 0.15) is 33.5 Å². The molecule has 0 radical (unpaired) electrons. The number of aryl methyl sites for hydroxylation is 1. The number of likely N-dealkylation sites (tertiary alicyclic amines) is 1. The number of nitrogens with zero attached hydrogens (tertiary/aromatic N) is 1. The van der Waals surface area contributed by atoms with Crippen molar-refractivity contribution in [2.24, 2.45) is 5.92 Å². The zero-order chi connectivity index (χ0) is 29.3. The quantitative estimate of drug-likeness (QED) is 0.249. The van der Waals surface area contributed by atoms with E-state index in [-0.39, 0.29) is 41.0 Å². The fourth-order valence-electron chi connectivity index (χ4n) is 5.76. The smallest absolute Gasteiger partial charge is 0.336 e. The van der Waals surface area contributed by atoms with Crippen molar-refractivity contribution in [3.63, 3.8) is 0 Å². The highest BCUT2D eigenvalue weighted by molar-refractivity contribution is 7.92. The van der Waals surface area contributed by atoms with Crippen LogP contribution in [0.25, 0.3) is 0 Å². The second-order valence-electron chi connectivity index (χ2n) is 9.81. The molecule has 2 atom stereocenters. The summed E-state index contributed by atoms with van der Waals surface area (Å²) in [6.45, 7) is -0.522. The fourth-order valence-corrected chi connectivity index (χ4v) is 8.75. The van der Waals surface area contributed by atoms with Gasteiger partial charge in [-0.1, -0.05) is 18.2 Å². The van der Waals surface area contributed by atoms with Crippen molar-refractivity contribution in [3.05, 3.63) is 87.4 Å². The molecule has 1 fully saturated rings. The van der Waals surface area contributed by atoms with Crippen LogP contribution in [0.15, 0.2) is 64.2 Å². The highest BCUT2D eigenvalue weighted by Gasteiger charge is 2.73. The first-order chi connectivity index (χ1) is 18.5. The number of carbonyl (C=O) groups is 1. The molecule has 14 heteroatoms. The lowest BCUT2D eigenvalue weighted by Crippen LogP contribution is -2.51. The fraction of sp³-hybridized carbons (Fsp3) is 0.346. The molecule has 2 aromatic carbocycles. The lowest BCUT2D eigenvalue weighted by Gasteiger charge is -2.40. The van der Waals surface area contributed by atoms with Crippen LogP contribution in [0.5, 0.6) is 0 Å². The molecule has 0 bridgehead atoms. The highest BCUT2D eigenvalue weighted by Crippen LogP contribution is 2.56. The van der Waals surface area contributed by atoms with Gasteiger partial charge in [-0.25, -0.2) is 17.2 Å². The maximum absolute atomic E-state index is 14.9. The normalized spacial score (nSPS) is 21.7. The molecule has 0 saturated carbocycles. The van der Waals surface area contributed by atoms with Gasteiger partial charge in [0.15, 0.2) is 9.84 Å². The molecule has 2 aliphatic rings. The van der Waals surface area contributed by atoms with Crippen LogP contribution in [0.3, 0.4) is 0 Å². The van der Waals surface area contributed by atoms with Crippen LogP contribution in [0.4, 0.5) is 35.1 Å². The number of carbonyl (C=O) groups excluding carboxylic acids is 1. The Bertz CT molecular complexity index is 1540. The van der Waals surface area contributed by atoms with E-state index in [1.165, 1.54) is 22.3 Å². The SMILES string of the molecule is O=C(c1ccsc1)N1C[C@@H]2CCc3cc(C(F)(C(F)(F)F)C(F)(F)F)ccc3C2(S(=O)(=O)c2ccc(F)cc2)C1. The second kappa shape index (κ2) is 9.26. The third-order valence-corrected chi connectivity index (χ3v) is 10.9. The van der Waals surface area contributed by atoms with Gasteiger partial charge in [0.2, 0.25) is 0 Å². The van der Waals surface area contributed by atoms with Gasteiger partial charge in [-0.05, 0) is 59.7 Å². The minimum atomic E-state index is -6.34. The predicted octanol–water partition coefficient (Wildman–Crippen LogP) is 6.56. The number of fused-ring (bicyclic) bond motifs is 3. The third-order valence-electron chi connectivity index (χ3n) is 7.69. The Kier molecular flexibility index (Phi) is 6.61. The Morgan fingerprint density at radius 1 is 0.950 bits per heavy atom. The van der Waals surface area contributed by atoms with Gasteiger partial charge in [0.25, 0.3) is 5.91 Å². The van der Waals surface area contributed by atoms with Crippen molar-refractivity contribution in [2.45, 2.75) is 40.5 Å². The first-order valence-electron chi connectivity index (χ1n) is 11.8. The number of hydrogen-bond donors (Lipinski definition) is 0. The van der Waals surface area contributed by atoms with Crippen molar-refractivity contribution in [3.8, 4) is 0 Å². The molecule has 214 valence electrons. The van der Waals surface area contributed by atoms with E-state index in [9.17, 15) is 48.3 Å². The van der Waals surface area contributed by atoms with E-state index in [1.54, 1.807) is 10.8 Å². The van der Waals surface area contributed by atoms with E-state index < -0.39 is 62.4 Å². The van der Waals surface area contributed by atoms with E-state index in [1.807, 2.05) is 0 Å². The van der Waals surface area contributed by atoms with Gasteiger partial charge in [0, 0.05) is 30.0 Å². The maximum Gasteiger partial charge on any atom is 0.435 e. The summed E-state index contributed by atoms with van der Waals surface area (Å²) >= 11 is 1.23. The van der Waals surface area contributed by atoms with E-state index in [2.05, 4.69) is 0 Å². The summed E-state index contributed by atoms with van der Waals surface area (Å²) in [4.78, 5) is 14.1. The number of rotatable bonds is 4. The number of hydrogen-bond acceptors (Lipinski definition) is 4. The van der Waals surface area contributed by atoms with Crippen LogP contribution >= 0.6 is 11.3 Å². The molecule has 0 spiro atoms. The van der Waals surface area contributed by atoms with Gasteiger partial charge in [0.1, 0.15) is 10.6 Å². The molecule has 1 amide bonds. The van der Waals surface area contributed by atoms with Crippen molar-refractivity contribution in [1.29, 1.82) is 0 Å². The molecular formula is C26H19F8NO3S2. The van der Waals surface area contributed by atoms with E-state index in [0.29, 0.717) is 12.1 Å². The van der Waals surface area contributed by atoms with Crippen LogP contribution in [-0.2, 0) is 26.7 Å². The topological polar surface area (TPSA) is 54.5 Å². The molecule has 5 rings (SSSR count). The predicted molar refractivity (Wildman–Crippen MR) is 129 cm³/mol. The molecule has 1 unspecified atom stereocenters. The van der Waals surface area contributed by atoms with E-state index >= 15 is 0 Å². The molecule has 1 aromatic heterocycles. The van der Waals surface area contributed by atoms with Crippen molar-refractivity contribution < 1.29 is 48.3 Å². The summed E-state index contributed by atoms with van der Waals surface area (Å²) in [5.74, 6) is -2.04. The number of benzene rings is 2. The summed E-state index contributed by atoms with van der Waals surface area (Å²) in [5.41, 5.74) is -7.45. The molecule has 1 aliphatic heterocycles. The molecule has 40 heavy (non-hydrogen) atoms. The Labute approximate surface area is 227 Å². The molecule has 1 aliphatic carbocycles. The van der Waals surface area contributed by atoms with Crippen molar-refractivity contribution in [1.82, 2.24) is 4.90 Å². The molecule has 4 nitrogen and oxygen atoms in total. The lowest BCUT2D eigenvalue weighted by atomic mass is 9.75. The molecule has 2 heterocycles. The first-order valence-corrected chi connectivity index (χ1v) is 14.2. The van der Waals surface area contributed by atoms with E-state index in [4.69, 9.17) is 0 Å². The molecular weight excluding hydrogens is 590 g/mol. The Hall–Kier alpha value is -3.00. The van der Waals surface area contributed by atoms with Gasteiger partial charge < -0.3 is 4.90 Å². The Morgan fingerprint density at radius 2 is 1.60 bits per heavy atom. The summed E-state index contributed by atoms with van der Waals surface area (Å²) in [7, 11) is -4.53. The third kappa shape index (κ3) is 4.05. The largest absolute Gasteiger partial charge is 0.435 e. The van der Waals surface area contributed by atoms with Gasteiger partial charge in [0.05, 0.1) is 10.5 Å². The number of thiophene rings is 1. The summed E-state index contributed by atoms with van der Waals surface area (Å²) in [6, 6.07) is 6.83. The average Bonchev–Trinajstić information content (AvgIpc) is 3.55. The Morgan fingerprint density at radius 3 is 2.17 bits per heavy atom. The maximum atomic E-state index is 14.9. The lowest BCUT2D eigenvalue weighted by molar-refractivity contribution is -0.348. The first kappa shape index (κ1) is 28.5. The molecule has 0 N–H and O–H groups in total. The average molecular weight is 610 g/mol. The number of alkyl halides is 7. The molecule has 3 aromatic rings. The number of halogens is 8. The van der Waals surface area contributed by atoms with Crippen LogP contribution in [0.2, 0.25) is 0 Å². The molecule has 1 saturated heterocycles. The van der Waals surface area contributed by atoms with Crippen LogP contribution < -0.4 is 0 Å².